The highest BCUT2D eigenvalue weighted by atomic mass is 127. The van der Waals surface area contributed by atoms with E-state index in [1.165, 1.54) is 11.1 Å². The SMILES string of the molecule is COc1cc(CNc2ccc(C)cc2C)cc(I)c1OCC(=O)Nc1cccc(C)c1. The highest BCUT2D eigenvalue weighted by Crippen LogP contribution is 2.34. The summed E-state index contributed by atoms with van der Waals surface area (Å²) in [6.45, 7) is 6.73. The van der Waals surface area contributed by atoms with E-state index in [-0.39, 0.29) is 12.5 Å². The van der Waals surface area contributed by atoms with Crippen molar-refractivity contribution in [2.75, 3.05) is 24.4 Å². The Balaban J connectivity index is 1.65. The summed E-state index contributed by atoms with van der Waals surface area (Å²) in [6, 6.07) is 18.0. The summed E-state index contributed by atoms with van der Waals surface area (Å²) in [7, 11) is 1.60. The van der Waals surface area contributed by atoms with Crippen LogP contribution in [0.15, 0.2) is 54.6 Å². The number of ether oxygens (including phenoxy) is 2. The summed E-state index contributed by atoms with van der Waals surface area (Å²) in [5.74, 6) is 0.953. The minimum Gasteiger partial charge on any atom is -0.493 e. The zero-order valence-electron chi connectivity index (χ0n) is 18.2. The normalized spacial score (nSPS) is 10.5. The Morgan fingerprint density at radius 3 is 2.48 bits per heavy atom. The third-order valence-corrected chi connectivity index (χ3v) is 5.60. The summed E-state index contributed by atoms with van der Waals surface area (Å²) in [4.78, 5) is 12.3. The van der Waals surface area contributed by atoms with Crippen LogP contribution in [0.5, 0.6) is 11.5 Å². The zero-order valence-corrected chi connectivity index (χ0v) is 20.4. The first-order valence-electron chi connectivity index (χ1n) is 10.0. The molecular formula is C25H27IN2O3. The largest absolute Gasteiger partial charge is 0.493 e. The van der Waals surface area contributed by atoms with Gasteiger partial charge in [-0.3, -0.25) is 4.79 Å². The summed E-state index contributed by atoms with van der Waals surface area (Å²) in [6.07, 6.45) is 0. The maximum absolute atomic E-state index is 12.3. The standard InChI is InChI=1S/C25H27IN2O3/c1-16-6-5-7-20(11-16)28-24(29)15-31-25-21(26)12-19(13-23(25)30-4)14-27-22-9-8-17(2)10-18(22)3/h5-13,27H,14-15H2,1-4H3,(H,28,29). The van der Waals surface area contributed by atoms with Gasteiger partial charge in [-0.25, -0.2) is 0 Å². The Morgan fingerprint density at radius 2 is 1.77 bits per heavy atom. The van der Waals surface area contributed by atoms with E-state index in [9.17, 15) is 4.79 Å². The maximum Gasteiger partial charge on any atom is 0.262 e. The molecule has 0 saturated heterocycles. The molecule has 0 atom stereocenters. The Morgan fingerprint density at radius 1 is 1.00 bits per heavy atom. The van der Waals surface area contributed by atoms with Crippen LogP contribution in [0.2, 0.25) is 0 Å². The van der Waals surface area contributed by atoms with Crippen molar-refractivity contribution in [3.8, 4) is 11.5 Å². The van der Waals surface area contributed by atoms with Crippen LogP contribution in [0.3, 0.4) is 0 Å². The number of amides is 1. The number of anilines is 2. The molecule has 0 radical (unpaired) electrons. The molecule has 0 heterocycles. The number of halogens is 1. The van der Waals surface area contributed by atoms with Gasteiger partial charge in [0.15, 0.2) is 18.1 Å². The third-order valence-electron chi connectivity index (χ3n) is 4.80. The molecule has 1 amide bonds. The van der Waals surface area contributed by atoms with E-state index in [0.29, 0.717) is 18.0 Å². The number of carbonyl (C=O) groups is 1. The molecule has 0 aliphatic rings. The maximum atomic E-state index is 12.3. The molecule has 0 fully saturated rings. The molecule has 162 valence electrons. The molecule has 0 aliphatic heterocycles. The summed E-state index contributed by atoms with van der Waals surface area (Å²) >= 11 is 2.21. The van der Waals surface area contributed by atoms with E-state index in [4.69, 9.17) is 9.47 Å². The van der Waals surface area contributed by atoms with E-state index in [1.807, 2.05) is 43.3 Å². The first-order valence-corrected chi connectivity index (χ1v) is 11.1. The quantitative estimate of drug-likeness (QED) is 0.359. The van der Waals surface area contributed by atoms with E-state index in [0.717, 1.165) is 26.1 Å². The van der Waals surface area contributed by atoms with Gasteiger partial charge in [-0.15, -0.1) is 0 Å². The zero-order chi connectivity index (χ0) is 22.4. The second kappa shape index (κ2) is 10.5. The number of hydrogen-bond acceptors (Lipinski definition) is 4. The summed E-state index contributed by atoms with van der Waals surface area (Å²) in [5.41, 5.74) is 6.46. The number of carbonyl (C=O) groups excluding carboxylic acids is 1. The number of nitrogens with one attached hydrogen (secondary N) is 2. The lowest BCUT2D eigenvalue weighted by atomic mass is 10.1. The molecule has 5 nitrogen and oxygen atoms in total. The van der Waals surface area contributed by atoms with Gasteiger partial charge in [0.25, 0.3) is 5.91 Å². The molecule has 3 rings (SSSR count). The molecule has 3 aromatic rings. The molecule has 0 saturated carbocycles. The van der Waals surface area contributed by atoms with Crippen molar-refractivity contribution in [3.63, 3.8) is 0 Å². The van der Waals surface area contributed by atoms with Gasteiger partial charge < -0.3 is 20.1 Å². The number of methoxy groups -OCH3 is 1. The van der Waals surface area contributed by atoms with E-state index < -0.39 is 0 Å². The second-order valence-corrected chi connectivity index (χ2v) is 8.65. The Kier molecular flexibility index (Phi) is 7.79. The van der Waals surface area contributed by atoms with Crippen LogP contribution in [0.1, 0.15) is 22.3 Å². The summed E-state index contributed by atoms with van der Waals surface area (Å²) in [5, 5.41) is 6.32. The predicted octanol–water partition coefficient (Wildman–Crippen LogP) is 5.85. The molecule has 3 aromatic carbocycles. The van der Waals surface area contributed by atoms with E-state index in [1.54, 1.807) is 7.11 Å². The molecule has 0 unspecified atom stereocenters. The van der Waals surface area contributed by atoms with Crippen LogP contribution < -0.4 is 20.1 Å². The van der Waals surface area contributed by atoms with Gasteiger partial charge in [0, 0.05) is 17.9 Å². The van der Waals surface area contributed by atoms with Crippen LogP contribution in [-0.2, 0) is 11.3 Å². The van der Waals surface area contributed by atoms with Crippen LogP contribution in [0.4, 0.5) is 11.4 Å². The highest BCUT2D eigenvalue weighted by Gasteiger charge is 2.14. The molecule has 31 heavy (non-hydrogen) atoms. The topological polar surface area (TPSA) is 59.6 Å². The number of rotatable bonds is 8. The van der Waals surface area contributed by atoms with Gasteiger partial charge in [-0.2, -0.15) is 0 Å². The Bertz CT molecular complexity index is 1080. The Hall–Kier alpha value is -2.74. The smallest absolute Gasteiger partial charge is 0.262 e. The van der Waals surface area contributed by atoms with Gasteiger partial charge in [0.1, 0.15) is 0 Å². The van der Waals surface area contributed by atoms with E-state index >= 15 is 0 Å². The van der Waals surface area contributed by atoms with Gasteiger partial charge >= 0.3 is 0 Å². The molecular weight excluding hydrogens is 503 g/mol. The second-order valence-electron chi connectivity index (χ2n) is 7.49. The van der Waals surface area contributed by atoms with E-state index in [2.05, 4.69) is 65.3 Å². The molecule has 2 N–H and O–H groups in total. The summed E-state index contributed by atoms with van der Waals surface area (Å²) < 4.78 is 12.2. The lowest BCUT2D eigenvalue weighted by Gasteiger charge is -2.16. The fraction of sp³-hybridized carbons (Fsp3) is 0.240. The van der Waals surface area contributed by atoms with Gasteiger partial charge in [-0.05, 0) is 90.4 Å². The van der Waals surface area contributed by atoms with Crippen molar-refractivity contribution in [2.24, 2.45) is 0 Å². The highest BCUT2D eigenvalue weighted by molar-refractivity contribution is 14.1. The first kappa shape index (κ1) is 22.9. The molecule has 0 bridgehead atoms. The number of hydrogen-bond donors (Lipinski definition) is 2. The van der Waals surface area contributed by atoms with Crippen LogP contribution in [-0.4, -0.2) is 19.6 Å². The van der Waals surface area contributed by atoms with Crippen molar-refractivity contribution in [2.45, 2.75) is 27.3 Å². The predicted molar refractivity (Wildman–Crippen MR) is 134 cm³/mol. The molecule has 6 heteroatoms. The minimum atomic E-state index is -0.218. The van der Waals surface area contributed by atoms with Gasteiger partial charge in [0.05, 0.1) is 10.7 Å². The fourth-order valence-corrected chi connectivity index (χ4v) is 4.10. The molecule has 0 aliphatic carbocycles. The lowest BCUT2D eigenvalue weighted by molar-refractivity contribution is -0.118. The Labute approximate surface area is 197 Å². The van der Waals surface area contributed by atoms with Crippen molar-refractivity contribution in [1.29, 1.82) is 0 Å². The van der Waals surface area contributed by atoms with Crippen LogP contribution >= 0.6 is 22.6 Å². The molecule has 0 aromatic heterocycles. The van der Waals surface area contributed by atoms with Crippen molar-refractivity contribution in [3.05, 3.63) is 80.4 Å². The number of benzene rings is 3. The number of aryl methyl sites for hydroxylation is 3. The average molecular weight is 530 g/mol. The third kappa shape index (κ3) is 6.37. The van der Waals surface area contributed by atoms with Crippen molar-refractivity contribution < 1.29 is 14.3 Å². The van der Waals surface area contributed by atoms with Gasteiger partial charge in [-0.1, -0.05) is 29.8 Å². The monoisotopic (exact) mass is 530 g/mol. The first-order chi connectivity index (χ1) is 14.9. The lowest BCUT2D eigenvalue weighted by Crippen LogP contribution is -2.20. The molecule has 0 spiro atoms. The van der Waals surface area contributed by atoms with Crippen molar-refractivity contribution >= 4 is 39.9 Å². The average Bonchev–Trinajstić information content (AvgIpc) is 2.72. The van der Waals surface area contributed by atoms with Gasteiger partial charge in [0.2, 0.25) is 0 Å². The van der Waals surface area contributed by atoms with Crippen LogP contribution in [0.25, 0.3) is 0 Å². The van der Waals surface area contributed by atoms with Crippen molar-refractivity contribution in [1.82, 2.24) is 0 Å². The fourth-order valence-electron chi connectivity index (χ4n) is 3.28. The minimum absolute atomic E-state index is 0.0968. The van der Waals surface area contributed by atoms with Crippen LogP contribution in [0, 0.1) is 24.3 Å².